The average molecular weight is 298 g/mol. The van der Waals surface area contributed by atoms with Crippen molar-refractivity contribution in [3.8, 4) is 5.75 Å². The van der Waals surface area contributed by atoms with Crippen molar-refractivity contribution in [3.63, 3.8) is 0 Å². The summed E-state index contributed by atoms with van der Waals surface area (Å²) in [6.45, 7) is 6.26. The molecule has 0 atom stereocenters. The highest BCUT2D eigenvalue weighted by molar-refractivity contribution is 5.96. The van der Waals surface area contributed by atoms with Gasteiger partial charge >= 0.3 is 0 Å². The van der Waals surface area contributed by atoms with Crippen molar-refractivity contribution in [2.24, 2.45) is 0 Å². The zero-order valence-electron chi connectivity index (χ0n) is 13.2. The second kappa shape index (κ2) is 6.98. The van der Waals surface area contributed by atoms with Gasteiger partial charge in [0.25, 0.3) is 5.91 Å². The number of para-hydroxylation sites is 1. The highest BCUT2D eigenvalue weighted by Gasteiger charge is 2.11. The van der Waals surface area contributed by atoms with Crippen molar-refractivity contribution < 1.29 is 9.53 Å². The fourth-order valence-corrected chi connectivity index (χ4v) is 2.17. The SMILES string of the molecule is Cc1ccc(N)cc1C(=O)NCc1ccccc1OC(C)C. The van der Waals surface area contributed by atoms with Crippen molar-refractivity contribution >= 4 is 11.6 Å². The van der Waals surface area contributed by atoms with E-state index in [9.17, 15) is 4.79 Å². The Labute approximate surface area is 131 Å². The third kappa shape index (κ3) is 4.01. The Morgan fingerprint density at radius 1 is 1.23 bits per heavy atom. The van der Waals surface area contributed by atoms with Gasteiger partial charge in [-0.2, -0.15) is 0 Å². The molecule has 0 saturated carbocycles. The quantitative estimate of drug-likeness (QED) is 0.832. The Bertz CT molecular complexity index is 666. The van der Waals surface area contributed by atoms with E-state index in [0.717, 1.165) is 16.9 Å². The normalized spacial score (nSPS) is 10.5. The van der Waals surface area contributed by atoms with Gasteiger partial charge in [-0.15, -0.1) is 0 Å². The first kappa shape index (κ1) is 15.9. The maximum Gasteiger partial charge on any atom is 0.251 e. The van der Waals surface area contributed by atoms with E-state index in [0.29, 0.717) is 17.8 Å². The van der Waals surface area contributed by atoms with Gasteiger partial charge in [-0.25, -0.2) is 0 Å². The number of hydrogen-bond donors (Lipinski definition) is 2. The summed E-state index contributed by atoms with van der Waals surface area (Å²) in [5, 5.41) is 2.92. The molecule has 2 rings (SSSR count). The number of aryl methyl sites for hydroxylation is 1. The first-order chi connectivity index (χ1) is 10.5. The summed E-state index contributed by atoms with van der Waals surface area (Å²) in [6.07, 6.45) is 0.0908. The molecule has 22 heavy (non-hydrogen) atoms. The number of carbonyl (C=O) groups excluding carboxylic acids is 1. The fourth-order valence-electron chi connectivity index (χ4n) is 2.17. The highest BCUT2D eigenvalue weighted by atomic mass is 16.5. The maximum atomic E-state index is 12.3. The number of benzene rings is 2. The summed E-state index contributed by atoms with van der Waals surface area (Å²) in [5.74, 6) is 0.659. The van der Waals surface area contributed by atoms with Crippen molar-refractivity contribution in [1.29, 1.82) is 0 Å². The van der Waals surface area contributed by atoms with Gasteiger partial charge in [0.1, 0.15) is 5.75 Å². The van der Waals surface area contributed by atoms with Crippen LogP contribution in [0.3, 0.4) is 0 Å². The Kier molecular flexibility index (Phi) is 5.04. The molecule has 2 aromatic carbocycles. The molecule has 3 N–H and O–H groups in total. The van der Waals surface area contributed by atoms with E-state index in [2.05, 4.69) is 5.32 Å². The zero-order chi connectivity index (χ0) is 16.1. The molecule has 4 nitrogen and oxygen atoms in total. The fraction of sp³-hybridized carbons (Fsp3) is 0.278. The van der Waals surface area contributed by atoms with Crippen LogP contribution in [0.15, 0.2) is 42.5 Å². The number of nitrogens with two attached hydrogens (primary N) is 1. The van der Waals surface area contributed by atoms with Crippen LogP contribution in [0.5, 0.6) is 5.75 Å². The van der Waals surface area contributed by atoms with E-state index in [1.54, 1.807) is 12.1 Å². The van der Waals surface area contributed by atoms with Crippen molar-refractivity contribution in [3.05, 3.63) is 59.2 Å². The first-order valence-electron chi connectivity index (χ1n) is 7.36. The standard InChI is InChI=1S/C18H22N2O2/c1-12(2)22-17-7-5-4-6-14(17)11-20-18(21)16-10-15(19)9-8-13(16)3/h4-10,12H,11,19H2,1-3H3,(H,20,21). The van der Waals surface area contributed by atoms with Crippen molar-refractivity contribution in [1.82, 2.24) is 5.32 Å². The van der Waals surface area contributed by atoms with Gasteiger partial charge in [-0.1, -0.05) is 24.3 Å². The van der Waals surface area contributed by atoms with Gasteiger partial charge < -0.3 is 15.8 Å². The second-order valence-corrected chi connectivity index (χ2v) is 5.53. The van der Waals surface area contributed by atoms with E-state index in [1.807, 2.05) is 51.1 Å². The molecule has 0 aliphatic carbocycles. The monoisotopic (exact) mass is 298 g/mol. The van der Waals surface area contributed by atoms with E-state index in [1.165, 1.54) is 0 Å². The molecule has 0 heterocycles. The Balaban J connectivity index is 2.10. The lowest BCUT2D eigenvalue weighted by atomic mass is 10.1. The molecule has 0 fully saturated rings. The number of carbonyl (C=O) groups is 1. The molecule has 4 heteroatoms. The van der Waals surface area contributed by atoms with Gasteiger partial charge in [-0.05, 0) is 44.5 Å². The maximum absolute atomic E-state index is 12.3. The van der Waals surface area contributed by atoms with Gasteiger partial charge in [-0.3, -0.25) is 4.79 Å². The lowest BCUT2D eigenvalue weighted by Gasteiger charge is -2.15. The predicted molar refractivity (Wildman–Crippen MR) is 89.0 cm³/mol. The highest BCUT2D eigenvalue weighted by Crippen LogP contribution is 2.19. The van der Waals surface area contributed by atoms with E-state index < -0.39 is 0 Å². The third-order valence-corrected chi connectivity index (χ3v) is 3.28. The van der Waals surface area contributed by atoms with Crippen LogP contribution in [-0.4, -0.2) is 12.0 Å². The molecule has 0 radical (unpaired) electrons. The van der Waals surface area contributed by atoms with Gasteiger partial charge in [0, 0.05) is 23.4 Å². The molecule has 0 bridgehead atoms. The lowest BCUT2D eigenvalue weighted by molar-refractivity contribution is 0.0950. The van der Waals surface area contributed by atoms with E-state index in [4.69, 9.17) is 10.5 Å². The van der Waals surface area contributed by atoms with Crippen LogP contribution in [0.1, 0.15) is 35.3 Å². The van der Waals surface area contributed by atoms with Crippen LogP contribution in [-0.2, 0) is 6.54 Å². The molecular weight excluding hydrogens is 276 g/mol. The Hall–Kier alpha value is -2.49. The lowest BCUT2D eigenvalue weighted by Crippen LogP contribution is -2.24. The topological polar surface area (TPSA) is 64.4 Å². The summed E-state index contributed by atoms with van der Waals surface area (Å²) in [6, 6.07) is 13.0. The van der Waals surface area contributed by atoms with Gasteiger partial charge in [0.05, 0.1) is 6.10 Å². The van der Waals surface area contributed by atoms with Crippen molar-refractivity contribution in [2.45, 2.75) is 33.4 Å². The largest absolute Gasteiger partial charge is 0.491 e. The molecule has 116 valence electrons. The molecule has 0 aliphatic heterocycles. The van der Waals surface area contributed by atoms with Gasteiger partial charge in [0.2, 0.25) is 0 Å². The smallest absolute Gasteiger partial charge is 0.251 e. The summed E-state index contributed by atoms with van der Waals surface area (Å²) in [5.41, 5.74) is 8.78. The molecule has 2 aromatic rings. The summed E-state index contributed by atoms with van der Waals surface area (Å²) in [4.78, 5) is 12.3. The molecule has 0 spiro atoms. The van der Waals surface area contributed by atoms with Crippen LogP contribution in [0, 0.1) is 6.92 Å². The van der Waals surface area contributed by atoms with Crippen LogP contribution in [0.2, 0.25) is 0 Å². The third-order valence-electron chi connectivity index (χ3n) is 3.28. The molecular formula is C18H22N2O2. The van der Waals surface area contributed by atoms with Crippen molar-refractivity contribution in [2.75, 3.05) is 5.73 Å². The van der Waals surface area contributed by atoms with Crippen LogP contribution in [0.25, 0.3) is 0 Å². The van der Waals surface area contributed by atoms with Crippen LogP contribution < -0.4 is 15.8 Å². The first-order valence-corrected chi connectivity index (χ1v) is 7.36. The minimum absolute atomic E-state index is 0.0908. The number of ether oxygens (including phenoxy) is 1. The number of nitrogens with one attached hydrogen (secondary N) is 1. The summed E-state index contributed by atoms with van der Waals surface area (Å²) >= 11 is 0. The summed E-state index contributed by atoms with van der Waals surface area (Å²) < 4.78 is 5.75. The molecule has 1 amide bonds. The van der Waals surface area contributed by atoms with Crippen LogP contribution >= 0.6 is 0 Å². The Morgan fingerprint density at radius 2 is 1.95 bits per heavy atom. The number of hydrogen-bond acceptors (Lipinski definition) is 3. The average Bonchev–Trinajstić information content (AvgIpc) is 2.48. The van der Waals surface area contributed by atoms with E-state index in [-0.39, 0.29) is 12.0 Å². The van der Waals surface area contributed by atoms with E-state index >= 15 is 0 Å². The molecule has 0 aromatic heterocycles. The molecule has 0 saturated heterocycles. The number of anilines is 1. The zero-order valence-corrected chi connectivity index (χ0v) is 13.2. The molecule has 0 aliphatic rings. The second-order valence-electron chi connectivity index (χ2n) is 5.53. The number of amides is 1. The minimum atomic E-state index is -0.135. The number of nitrogen functional groups attached to an aromatic ring is 1. The minimum Gasteiger partial charge on any atom is -0.491 e. The predicted octanol–water partition coefficient (Wildman–Crippen LogP) is 3.29. The number of rotatable bonds is 5. The summed E-state index contributed by atoms with van der Waals surface area (Å²) in [7, 11) is 0. The van der Waals surface area contributed by atoms with Gasteiger partial charge in [0.15, 0.2) is 0 Å². The van der Waals surface area contributed by atoms with Crippen LogP contribution in [0.4, 0.5) is 5.69 Å². The molecule has 0 unspecified atom stereocenters. The Morgan fingerprint density at radius 3 is 2.68 bits per heavy atom.